The number of rotatable bonds is 3. The highest BCUT2D eigenvalue weighted by atomic mass is 16.3. The molecule has 0 aliphatic carbocycles. The molecule has 1 N–H and O–H groups in total. The van der Waals surface area contributed by atoms with Crippen LogP contribution >= 0.6 is 0 Å². The van der Waals surface area contributed by atoms with Crippen LogP contribution in [0.5, 0.6) is 0 Å². The van der Waals surface area contributed by atoms with Crippen molar-refractivity contribution in [3.63, 3.8) is 0 Å². The van der Waals surface area contributed by atoms with E-state index in [1.54, 1.807) is 0 Å². The van der Waals surface area contributed by atoms with Gasteiger partial charge >= 0.3 is 0 Å². The van der Waals surface area contributed by atoms with Crippen molar-refractivity contribution < 1.29 is 4.42 Å². The van der Waals surface area contributed by atoms with Crippen molar-refractivity contribution in [2.45, 2.75) is 26.8 Å². The van der Waals surface area contributed by atoms with E-state index in [0.717, 1.165) is 17.1 Å². The lowest BCUT2D eigenvalue weighted by molar-refractivity contribution is 0.458. The summed E-state index contributed by atoms with van der Waals surface area (Å²) < 4.78 is 5.85. The Kier molecular flexibility index (Phi) is 3.34. The van der Waals surface area contributed by atoms with Gasteiger partial charge in [0, 0.05) is 5.56 Å². The molecule has 0 saturated heterocycles. The predicted octanol–water partition coefficient (Wildman–Crippen LogP) is 3.84. The first-order valence-corrected chi connectivity index (χ1v) is 5.96. The fraction of sp³-hybridized carbons (Fsp3) is 0.333. The van der Waals surface area contributed by atoms with Gasteiger partial charge in [0.2, 0.25) is 0 Å². The number of furan rings is 1. The first-order chi connectivity index (χ1) is 8.11. The van der Waals surface area contributed by atoms with E-state index in [4.69, 9.17) is 4.42 Å². The van der Waals surface area contributed by atoms with Crippen LogP contribution in [-0.2, 0) is 0 Å². The lowest BCUT2D eigenvalue weighted by Crippen LogP contribution is -2.10. The summed E-state index contributed by atoms with van der Waals surface area (Å²) in [6, 6.07) is 10.7. The zero-order chi connectivity index (χ0) is 12.4. The lowest BCUT2D eigenvalue weighted by Gasteiger charge is -2.06. The minimum Gasteiger partial charge on any atom is -0.459 e. The summed E-state index contributed by atoms with van der Waals surface area (Å²) in [5.41, 5.74) is 3.74. The van der Waals surface area contributed by atoms with Gasteiger partial charge in [-0.25, -0.2) is 0 Å². The fourth-order valence-corrected chi connectivity index (χ4v) is 1.78. The smallest absolute Gasteiger partial charge is 0.134 e. The average Bonchev–Trinajstić information content (AvgIpc) is 2.81. The number of hydrogen-bond acceptors (Lipinski definition) is 2. The van der Waals surface area contributed by atoms with Crippen LogP contribution in [0.25, 0.3) is 11.3 Å². The third-order valence-corrected chi connectivity index (χ3v) is 3.28. The summed E-state index contributed by atoms with van der Waals surface area (Å²) in [4.78, 5) is 0. The number of benzene rings is 1. The summed E-state index contributed by atoms with van der Waals surface area (Å²) in [5.74, 6) is 1.91. The second kappa shape index (κ2) is 4.76. The average molecular weight is 229 g/mol. The van der Waals surface area contributed by atoms with E-state index in [0.29, 0.717) is 0 Å². The topological polar surface area (TPSA) is 25.2 Å². The van der Waals surface area contributed by atoms with Gasteiger partial charge in [0.25, 0.3) is 0 Å². The van der Waals surface area contributed by atoms with Crippen LogP contribution in [-0.4, -0.2) is 7.05 Å². The second-order valence-electron chi connectivity index (χ2n) is 4.51. The first kappa shape index (κ1) is 11.9. The Balaban J connectivity index is 2.33. The van der Waals surface area contributed by atoms with Gasteiger partial charge in [-0.2, -0.15) is 0 Å². The van der Waals surface area contributed by atoms with E-state index in [9.17, 15) is 0 Å². The number of nitrogens with one attached hydrogen (secondary N) is 1. The van der Waals surface area contributed by atoms with Gasteiger partial charge in [0.1, 0.15) is 11.5 Å². The molecule has 0 amide bonds. The highest BCUT2D eigenvalue weighted by molar-refractivity contribution is 5.59. The van der Waals surface area contributed by atoms with E-state index in [2.05, 4.69) is 44.3 Å². The Morgan fingerprint density at radius 3 is 2.47 bits per heavy atom. The van der Waals surface area contributed by atoms with E-state index in [-0.39, 0.29) is 6.04 Å². The van der Waals surface area contributed by atoms with Crippen LogP contribution in [0.3, 0.4) is 0 Å². The second-order valence-corrected chi connectivity index (χ2v) is 4.51. The maximum atomic E-state index is 5.85. The molecular weight excluding hydrogens is 210 g/mol. The molecule has 1 atom stereocenters. The predicted molar refractivity (Wildman–Crippen MR) is 71.1 cm³/mol. The molecule has 2 rings (SSSR count). The molecule has 1 aromatic carbocycles. The minimum atomic E-state index is 0.246. The molecular formula is C15H19NO. The zero-order valence-electron chi connectivity index (χ0n) is 10.9. The maximum absolute atomic E-state index is 5.85. The molecule has 17 heavy (non-hydrogen) atoms. The van der Waals surface area contributed by atoms with Crippen LogP contribution in [0.15, 0.2) is 34.7 Å². The molecule has 2 aromatic rings. The molecule has 0 bridgehead atoms. The summed E-state index contributed by atoms with van der Waals surface area (Å²) in [6.45, 7) is 6.33. The molecule has 2 nitrogen and oxygen atoms in total. The molecule has 0 saturated carbocycles. The highest BCUT2D eigenvalue weighted by Crippen LogP contribution is 2.26. The van der Waals surface area contributed by atoms with Crippen molar-refractivity contribution in [3.05, 3.63) is 47.2 Å². The molecule has 2 heteroatoms. The van der Waals surface area contributed by atoms with Gasteiger partial charge in [0.05, 0.1) is 6.04 Å². The Labute approximate surface area is 103 Å². The highest BCUT2D eigenvalue weighted by Gasteiger charge is 2.09. The molecule has 90 valence electrons. The van der Waals surface area contributed by atoms with Crippen molar-refractivity contribution in [1.29, 1.82) is 0 Å². The van der Waals surface area contributed by atoms with E-state index in [1.807, 2.05) is 19.2 Å². The first-order valence-electron chi connectivity index (χ1n) is 5.96. The van der Waals surface area contributed by atoms with Crippen molar-refractivity contribution in [1.82, 2.24) is 5.32 Å². The third-order valence-electron chi connectivity index (χ3n) is 3.28. The Bertz CT molecular complexity index is 513. The Morgan fingerprint density at radius 2 is 1.82 bits per heavy atom. The van der Waals surface area contributed by atoms with E-state index >= 15 is 0 Å². The van der Waals surface area contributed by atoms with Gasteiger partial charge < -0.3 is 9.73 Å². The van der Waals surface area contributed by atoms with Crippen LogP contribution in [0.2, 0.25) is 0 Å². The van der Waals surface area contributed by atoms with Crippen molar-refractivity contribution in [2.24, 2.45) is 0 Å². The van der Waals surface area contributed by atoms with Crippen LogP contribution in [0, 0.1) is 13.8 Å². The summed E-state index contributed by atoms with van der Waals surface area (Å²) in [5, 5.41) is 3.17. The van der Waals surface area contributed by atoms with Gasteiger partial charge in [-0.05, 0) is 57.1 Å². The van der Waals surface area contributed by atoms with Crippen molar-refractivity contribution >= 4 is 0 Å². The quantitative estimate of drug-likeness (QED) is 0.865. The normalized spacial score (nSPS) is 12.7. The standard InChI is InChI=1S/C15H19NO/c1-10-5-6-13(9-11(10)2)15-8-7-14(17-15)12(3)16-4/h5-9,12,16H,1-4H3. The number of hydrogen-bond donors (Lipinski definition) is 1. The molecule has 0 spiro atoms. The zero-order valence-corrected chi connectivity index (χ0v) is 10.9. The van der Waals surface area contributed by atoms with Gasteiger partial charge in [0.15, 0.2) is 0 Å². The molecule has 0 fully saturated rings. The largest absolute Gasteiger partial charge is 0.459 e. The molecule has 0 aliphatic rings. The molecule has 1 unspecified atom stereocenters. The van der Waals surface area contributed by atoms with Crippen LogP contribution < -0.4 is 5.32 Å². The maximum Gasteiger partial charge on any atom is 0.134 e. The monoisotopic (exact) mass is 229 g/mol. The summed E-state index contributed by atoms with van der Waals surface area (Å²) in [7, 11) is 1.93. The lowest BCUT2D eigenvalue weighted by atomic mass is 10.1. The minimum absolute atomic E-state index is 0.246. The number of aryl methyl sites for hydroxylation is 2. The van der Waals surface area contributed by atoms with E-state index in [1.165, 1.54) is 11.1 Å². The summed E-state index contributed by atoms with van der Waals surface area (Å²) >= 11 is 0. The Morgan fingerprint density at radius 1 is 1.06 bits per heavy atom. The van der Waals surface area contributed by atoms with Crippen LogP contribution in [0.4, 0.5) is 0 Å². The van der Waals surface area contributed by atoms with Gasteiger partial charge in [-0.3, -0.25) is 0 Å². The van der Waals surface area contributed by atoms with Gasteiger partial charge in [-0.1, -0.05) is 12.1 Å². The molecule has 0 radical (unpaired) electrons. The Hall–Kier alpha value is -1.54. The summed E-state index contributed by atoms with van der Waals surface area (Å²) in [6.07, 6.45) is 0. The van der Waals surface area contributed by atoms with Crippen LogP contribution in [0.1, 0.15) is 29.9 Å². The third kappa shape index (κ3) is 2.42. The van der Waals surface area contributed by atoms with Crippen molar-refractivity contribution in [3.8, 4) is 11.3 Å². The molecule has 1 aromatic heterocycles. The fourth-order valence-electron chi connectivity index (χ4n) is 1.78. The SMILES string of the molecule is CNC(C)c1ccc(-c2ccc(C)c(C)c2)o1. The molecule has 0 aliphatic heterocycles. The van der Waals surface area contributed by atoms with Gasteiger partial charge in [-0.15, -0.1) is 0 Å². The van der Waals surface area contributed by atoms with E-state index < -0.39 is 0 Å². The van der Waals surface area contributed by atoms with Crippen molar-refractivity contribution in [2.75, 3.05) is 7.05 Å². The molecule has 1 heterocycles.